The molecule has 1 amide bonds. The topological polar surface area (TPSA) is 89.5 Å². The molecule has 0 spiro atoms. The van der Waals surface area contributed by atoms with E-state index in [0.717, 1.165) is 23.3 Å². The highest BCUT2D eigenvalue weighted by atomic mass is 35.5. The molecule has 1 N–H and O–H groups in total. The van der Waals surface area contributed by atoms with Crippen molar-refractivity contribution in [2.75, 3.05) is 17.7 Å². The zero-order valence-corrected chi connectivity index (χ0v) is 18.4. The molecule has 0 saturated carbocycles. The quantitative estimate of drug-likeness (QED) is 0.637. The lowest BCUT2D eigenvalue weighted by molar-refractivity contribution is -0.116. The molecule has 1 aromatic heterocycles. The Bertz CT molecular complexity index is 1010. The van der Waals surface area contributed by atoms with Crippen LogP contribution in [0.5, 0.6) is 0 Å². The molecule has 0 aliphatic carbocycles. The van der Waals surface area contributed by atoms with E-state index < -0.39 is 15.8 Å². The highest BCUT2D eigenvalue weighted by molar-refractivity contribution is 7.90. The number of ether oxygens (including phenoxy) is 1. The molecule has 9 heteroatoms. The van der Waals surface area contributed by atoms with Gasteiger partial charge in [0, 0.05) is 16.3 Å². The fourth-order valence-electron chi connectivity index (χ4n) is 3.22. The second-order valence-electron chi connectivity index (χ2n) is 6.80. The summed E-state index contributed by atoms with van der Waals surface area (Å²) in [4.78, 5) is 25.5. The zero-order valence-electron chi connectivity index (χ0n) is 16.0. The van der Waals surface area contributed by atoms with Crippen LogP contribution in [0.3, 0.4) is 0 Å². The summed E-state index contributed by atoms with van der Waals surface area (Å²) >= 11 is 7.02. The molecule has 156 valence electrons. The Labute approximate surface area is 179 Å². The van der Waals surface area contributed by atoms with E-state index >= 15 is 0 Å². The van der Waals surface area contributed by atoms with E-state index in [0.29, 0.717) is 32.4 Å². The first kappa shape index (κ1) is 21.8. The van der Waals surface area contributed by atoms with Crippen molar-refractivity contribution in [3.8, 4) is 0 Å². The number of carbonyl (C=O) groups excluding carboxylic acids is 2. The number of benzene rings is 1. The molecular formula is C20H22ClNO5S2. The fourth-order valence-corrected chi connectivity index (χ4v) is 6.40. The number of thiophene rings is 1. The minimum Gasteiger partial charge on any atom is -0.462 e. The summed E-state index contributed by atoms with van der Waals surface area (Å²) in [6.45, 7) is 1.91. The lowest BCUT2D eigenvalue weighted by Gasteiger charge is -2.13. The maximum atomic E-state index is 12.4. The van der Waals surface area contributed by atoms with Gasteiger partial charge in [0.15, 0.2) is 9.84 Å². The number of fused-ring (bicyclic) bond motifs is 1. The van der Waals surface area contributed by atoms with Crippen molar-refractivity contribution in [3.05, 3.63) is 50.9 Å². The predicted molar refractivity (Wildman–Crippen MR) is 114 cm³/mol. The molecule has 0 fully saturated rings. The van der Waals surface area contributed by atoms with Gasteiger partial charge in [-0.1, -0.05) is 23.7 Å². The minimum atomic E-state index is -3.18. The van der Waals surface area contributed by atoms with E-state index in [-0.39, 0.29) is 36.9 Å². The van der Waals surface area contributed by atoms with Crippen LogP contribution in [0.15, 0.2) is 24.3 Å². The number of esters is 1. The SMILES string of the molecule is CCOC(=O)c1c(NC(=O)CCCc2ccc(Cl)cc2)sc2c1CCS(=O)(=O)C2. The first-order valence-electron chi connectivity index (χ1n) is 9.35. The Kier molecular flexibility index (Phi) is 6.97. The molecule has 0 atom stereocenters. The van der Waals surface area contributed by atoms with Gasteiger partial charge in [0.1, 0.15) is 5.00 Å². The minimum absolute atomic E-state index is 0.00236. The summed E-state index contributed by atoms with van der Waals surface area (Å²) in [5.41, 5.74) is 2.07. The lowest BCUT2D eigenvalue weighted by atomic mass is 10.1. The van der Waals surface area contributed by atoms with Crippen LogP contribution in [0.1, 0.15) is 46.1 Å². The van der Waals surface area contributed by atoms with Crippen molar-refractivity contribution in [3.63, 3.8) is 0 Å². The summed E-state index contributed by atoms with van der Waals surface area (Å²) in [7, 11) is -3.18. The van der Waals surface area contributed by atoms with Crippen LogP contribution in [-0.2, 0) is 38.0 Å². The second-order valence-corrected chi connectivity index (χ2v) is 10.5. The summed E-state index contributed by atoms with van der Waals surface area (Å²) < 4.78 is 29.0. The van der Waals surface area contributed by atoms with Crippen molar-refractivity contribution in [1.82, 2.24) is 0 Å². The van der Waals surface area contributed by atoms with Crippen LogP contribution in [-0.4, -0.2) is 32.7 Å². The van der Waals surface area contributed by atoms with Crippen LogP contribution >= 0.6 is 22.9 Å². The summed E-state index contributed by atoms with van der Waals surface area (Å²) in [5.74, 6) is -0.851. The Morgan fingerprint density at radius 2 is 1.97 bits per heavy atom. The number of hydrogen-bond donors (Lipinski definition) is 1. The van der Waals surface area contributed by atoms with E-state index in [1.165, 1.54) is 0 Å². The third kappa shape index (κ3) is 5.58. The number of sulfone groups is 1. The monoisotopic (exact) mass is 455 g/mol. The fraction of sp³-hybridized carbons (Fsp3) is 0.400. The third-order valence-electron chi connectivity index (χ3n) is 4.62. The Balaban J connectivity index is 1.70. The predicted octanol–water partition coefficient (Wildman–Crippen LogP) is 4.01. The maximum Gasteiger partial charge on any atom is 0.341 e. The highest BCUT2D eigenvalue weighted by Gasteiger charge is 2.31. The van der Waals surface area contributed by atoms with Crippen LogP contribution in [0, 0.1) is 0 Å². The first-order valence-corrected chi connectivity index (χ1v) is 12.4. The van der Waals surface area contributed by atoms with Crippen molar-refractivity contribution < 1.29 is 22.7 Å². The van der Waals surface area contributed by atoms with Crippen molar-refractivity contribution in [2.45, 2.75) is 38.4 Å². The highest BCUT2D eigenvalue weighted by Crippen LogP contribution is 2.38. The van der Waals surface area contributed by atoms with Gasteiger partial charge in [0.05, 0.1) is 23.7 Å². The number of nitrogens with one attached hydrogen (secondary N) is 1. The van der Waals surface area contributed by atoms with Gasteiger partial charge in [0.2, 0.25) is 5.91 Å². The van der Waals surface area contributed by atoms with Gasteiger partial charge >= 0.3 is 5.97 Å². The van der Waals surface area contributed by atoms with E-state index in [1.807, 2.05) is 24.3 Å². The number of amides is 1. The van der Waals surface area contributed by atoms with Crippen LogP contribution in [0.4, 0.5) is 5.00 Å². The van der Waals surface area contributed by atoms with Gasteiger partial charge < -0.3 is 10.1 Å². The maximum absolute atomic E-state index is 12.4. The van der Waals surface area contributed by atoms with Gasteiger partial charge in [0.25, 0.3) is 0 Å². The number of rotatable bonds is 7. The number of anilines is 1. The molecule has 0 unspecified atom stereocenters. The summed E-state index contributed by atoms with van der Waals surface area (Å²) in [6.07, 6.45) is 1.91. The smallest absolute Gasteiger partial charge is 0.341 e. The molecule has 1 aliphatic rings. The molecule has 1 aromatic carbocycles. The number of aryl methyl sites for hydroxylation is 1. The molecular weight excluding hydrogens is 434 g/mol. The van der Waals surface area contributed by atoms with Crippen molar-refractivity contribution >= 4 is 49.7 Å². The van der Waals surface area contributed by atoms with Gasteiger partial charge in [-0.05, 0) is 49.4 Å². The standard InChI is InChI=1S/C20H22ClNO5S2/c1-2-27-20(24)18-15-10-11-29(25,26)12-16(15)28-19(18)22-17(23)5-3-4-13-6-8-14(21)9-7-13/h6-9H,2-5,10-12H2,1H3,(H,22,23). The third-order valence-corrected chi connectivity index (χ3v) is 7.76. The molecule has 6 nitrogen and oxygen atoms in total. The first-order chi connectivity index (χ1) is 13.8. The second kappa shape index (κ2) is 9.28. The van der Waals surface area contributed by atoms with Crippen LogP contribution < -0.4 is 5.32 Å². The van der Waals surface area contributed by atoms with Crippen LogP contribution in [0.2, 0.25) is 5.02 Å². The van der Waals surface area contributed by atoms with E-state index in [4.69, 9.17) is 16.3 Å². The summed E-state index contributed by atoms with van der Waals surface area (Å²) in [6, 6.07) is 7.47. The van der Waals surface area contributed by atoms with Crippen molar-refractivity contribution in [1.29, 1.82) is 0 Å². The van der Waals surface area contributed by atoms with E-state index in [1.54, 1.807) is 6.92 Å². The molecule has 0 saturated heterocycles. The molecule has 29 heavy (non-hydrogen) atoms. The molecule has 2 aromatic rings. The molecule has 0 bridgehead atoms. The van der Waals surface area contributed by atoms with Crippen LogP contribution in [0.25, 0.3) is 0 Å². The number of carbonyl (C=O) groups is 2. The van der Waals surface area contributed by atoms with E-state index in [9.17, 15) is 18.0 Å². The average molecular weight is 456 g/mol. The average Bonchev–Trinajstić information content (AvgIpc) is 2.99. The lowest BCUT2D eigenvalue weighted by Crippen LogP contribution is -2.20. The summed E-state index contributed by atoms with van der Waals surface area (Å²) in [5, 5.41) is 3.84. The van der Waals surface area contributed by atoms with Crippen molar-refractivity contribution in [2.24, 2.45) is 0 Å². The Morgan fingerprint density at radius 1 is 1.24 bits per heavy atom. The van der Waals surface area contributed by atoms with Gasteiger partial charge in [-0.2, -0.15) is 0 Å². The Morgan fingerprint density at radius 3 is 2.66 bits per heavy atom. The molecule has 3 rings (SSSR count). The number of halogens is 1. The Hall–Kier alpha value is -1.90. The van der Waals surface area contributed by atoms with E-state index in [2.05, 4.69) is 5.32 Å². The number of hydrogen-bond acceptors (Lipinski definition) is 6. The van der Waals surface area contributed by atoms with Gasteiger partial charge in [-0.15, -0.1) is 11.3 Å². The molecule has 1 aliphatic heterocycles. The van der Waals surface area contributed by atoms with Gasteiger partial charge in [-0.25, -0.2) is 13.2 Å². The molecule has 0 radical (unpaired) electrons. The zero-order chi connectivity index (χ0) is 21.0. The molecule has 2 heterocycles. The normalized spacial score (nSPS) is 14.8. The van der Waals surface area contributed by atoms with Gasteiger partial charge in [-0.3, -0.25) is 4.79 Å². The largest absolute Gasteiger partial charge is 0.462 e.